The molecule has 1 aliphatic rings. The first kappa shape index (κ1) is 16.9. The number of rotatable bonds is 3. The van der Waals surface area contributed by atoms with Gasteiger partial charge in [0.2, 0.25) is 5.91 Å². The Morgan fingerprint density at radius 1 is 1.32 bits per heavy atom. The molecule has 2 heterocycles. The van der Waals surface area contributed by atoms with E-state index >= 15 is 0 Å². The molecule has 4 nitrogen and oxygen atoms in total. The highest BCUT2D eigenvalue weighted by molar-refractivity contribution is 7.09. The third-order valence-corrected chi connectivity index (χ3v) is 4.47. The maximum Gasteiger partial charge on any atom is 0.241 e. The summed E-state index contributed by atoms with van der Waals surface area (Å²) in [5, 5.41) is 9.35. The molecule has 3 rings (SSSR count). The number of carbonyl (C=O) groups is 1. The average Bonchev–Trinajstić information content (AvgIpc) is 2.95. The molecule has 0 radical (unpaired) electrons. The SMILES string of the molecule is Cc1nc(-c2ccc(NC(=O)C3CCCCN3)cc2)cs1.Cl. The molecule has 1 aromatic heterocycles. The second-order valence-electron chi connectivity index (χ2n) is 5.32. The van der Waals surface area contributed by atoms with E-state index in [1.54, 1.807) is 11.3 Å². The standard InChI is InChI=1S/C16H19N3OS.ClH/c1-11-18-15(10-21-11)12-5-7-13(8-6-12)19-16(20)14-4-2-3-9-17-14;/h5-8,10,14,17H,2-4,9H2,1H3,(H,19,20);1H. The van der Waals surface area contributed by atoms with Crippen molar-refractivity contribution in [3.8, 4) is 11.3 Å². The van der Waals surface area contributed by atoms with E-state index in [4.69, 9.17) is 0 Å². The Morgan fingerprint density at radius 2 is 2.09 bits per heavy atom. The Morgan fingerprint density at radius 3 is 2.68 bits per heavy atom. The van der Waals surface area contributed by atoms with Gasteiger partial charge in [-0.1, -0.05) is 18.6 Å². The Bertz CT molecular complexity index is 621. The van der Waals surface area contributed by atoms with Crippen molar-refractivity contribution < 1.29 is 4.79 Å². The van der Waals surface area contributed by atoms with Crippen LogP contribution in [0.15, 0.2) is 29.6 Å². The van der Waals surface area contributed by atoms with Gasteiger partial charge in [0, 0.05) is 16.6 Å². The number of piperidine rings is 1. The van der Waals surface area contributed by atoms with Gasteiger partial charge in [0.15, 0.2) is 0 Å². The smallest absolute Gasteiger partial charge is 0.241 e. The molecule has 1 unspecified atom stereocenters. The molecule has 0 aliphatic carbocycles. The summed E-state index contributed by atoms with van der Waals surface area (Å²) in [7, 11) is 0. The van der Waals surface area contributed by atoms with Crippen LogP contribution >= 0.6 is 23.7 Å². The molecule has 1 saturated heterocycles. The lowest BCUT2D eigenvalue weighted by molar-refractivity contribution is -0.118. The number of aryl methyl sites for hydroxylation is 1. The van der Waals surface area contributed by atoms with Crippen molar-refractivity contribution in [2.24, 2.45) is 0 Å². The van der Waals surface area contributed by atoms with Crippen LogP contribution in [0.25, 0.3) is 11.3 Å². The zero-order valence-corrected chi connectivity index (χ0v) is 14.1. The van der Waals surface area contributed by atoms with Crippen LogP contribution in [0, 0.1) is 6.92 Å². The molecule has 6 heteroatoms. The van der Waals surface area contributed by atoms with E-state index < -0.39 is 0 Å². The normalized spacial score (nSPS) is 17.6. The molecule has 0 saturated carbocycles. The summed E-state index contributed by atoms with van der Waals surface area (Å²) in [6, 6.07) is 7.81. The van der Waals surface area contributed by atoms with Crippen LogP contribution in [0.3, 0.4) is 0 Å². The van der Waals surface area contributed by atoms with Gasteiger partial charge < -0.3 is 10.6 Å². The van der Waals surface area contributed by atoms with E-state index in [-0.39, 0.29) is 24.4 Å². The minimum absolute atomic E-state index is 0. The molecular weight excluding hydrogens is 318 g/mol. The Kier molecular flexibility index (Phi) is 5.94. The number of nitrogens with one attached hydrogen (secondary N) is 2. The van der Waals surface area contributed by atoms with Gasteiger partial charge in [0.1, 0.15) is 0 Å². The number of hydrogen-bond donors (Lipinski definition) is 2. The molecule has 1 aromatic carbocycles. The van der Waals surface area contributed by atoms with Gasteiger partial charge in [-0.05, 0) is 38.4 Å². The van der Waals surface area contributed by atoms with Crippen molar-refractivity contribution in [1.82, 2.24) is 10.3 Å². The first-order valence-corrected chi connectivity index (χ1v) is 8.17. The van der Waals surface area contributed by atoms with E-state index in [1.807, 2.05) is 31.2 Å². The fraction of sp³-hybridized carbons (Fsp3) is 0.375. The number of benzene rings is 1. The van der Waals surface area contributed by atoms with Crippen LogP contribution in [0.1, 0.15) is 24.3 Å². The van der Waals surface area contributed by atoms with E-state index in [2.05, 4.69) is 21.0 Å². The highest BCUT2D eigenvalue weighted by atomic mass is 35.5. The highest BCUT2D eigenvalue weighted by Crippen LogP contribution is 2.23. The van der Waals surface area contributed by atoms with Gasteiger partial charge >= 0.3 is 0 Å². The summed E-state index contributed by atoms with van der Waals surface area (Å²) in [5.74, 6) is 0.0620. The number of nitrogens with zero attached hydrogens (tertiary/aromatic N) is 1. The predicted octanol–water partition coefficient (Wildman–Crippen LogP) is 3.62. The van der Waals surface area contributed by atoms with Crippen molar-refractivity contribution in [2.75, 3.05) is 11.9 Å². The number of hydrogen-bond acceptors (Lipinski definition) is 4. The van der Waals surface area contributed by atoms with Gasteiger partial charge in [-0.2, -0.15) is 0 Å². The van der Waals surface area contributed by atoms with Gasteiger partial charge in [-0.15, -0.1) is 23.7 Å². The van der Waals surface area contributed by atoms with Crippen LogP contribution < -0.4 is 10.6 Å². The average molecular weight is 338 g/mol. The first-order valence-electron chi connectivity index (χ1n) is 7.29. The lowest BCUT2D eigenvalue weighted by atomic mass is 10.0. The summed E-state index contributed by atoms with van der Waals surface area (Å²) in [5.41, 5.74) is 2.90. The zero-order chi connectivity index (χ0) is 14.7. The van der Waals surface area contributed by atoms with Crippen LogP contribution in [-0.4, -0.2) is 23.5 Å². The maximum absolute atomic E-state index is 12.1. The lowest BCUT2D eigenvalue weighted by Gasteiger charge is -2.22. The molecule has 1 fully saturated rings. The Hall–Kier alpha value is -1.43. The Labute approximate surface area is 140 Å². The Balaban J connectivity index is 0.00000176. The van der Waals surface area contributed by atoms with E-state index in [0.717, 1.165) is 47.8 Å². The molecule has 0 bridgehead atoms. The van der Waals surface area contributed by atoms with Crippen LogP contribution in [0.5, 0.6) is 0 Å². The number of amides is 1. The van der Waals surface area contributed by atoms with Crippen molar-refractivity contribution in [2.45, 2.75) is 32.2 Å². The molecule has 1 aliphatic heterocycles. The highest BCUT2D eigenvalue weighted by Gasteiger charge is 2.20. The van der Waals surface area contributed by atoms with Gasteiger partial charge in [0.25, 0.3) is 0 Å². The fourth-order valence-electron chi connectivity index (χ4n) is 2.53. The number of anilines is 1. The monoisotopic (exact) mass is 337 g/mol. The van der Waals surface area contributed by atoms with Crippen LogP contribution in [-0.2, 0) is 4.79 Å². The third kappa shape index (κ3) is 4.06. The number of carbonyl (C=O) groups excluding carboxylic acids is 1. The van der Waals surface area contributed by atoms with Gasteiger partial charge in [0.05, 0.1) is 16.7 Å². The first-order chi connectivity index (χ1) is 10.2. The molecular formula is C16H20ClN3OS. The predicted molar refractivity (Wildman–Crippen MR) is 93.8 cm³/mol. The number of halogens is 1. The molecule has 2 aromatic rings. The molecule has 118 valence electrons. The zero-order valence-electron chi connectivity index (χ0n) is 12.5. The summed E-state index contributed by atoms with van der Waals surface area (Å²) in [6.45, 7) is 2.93. The number of thiazole rings is 1. The molecule has 0 spiro atoms. The van der Waals surface area contributed by atoms with Crippen LogP contribution in [0.2, 0.25) is 0 Å². The topological polar surface area (TPSA) is 54.0 Å². The quantitative estimate of drug-likeness (QED) is 0.899. The van der Waals surface area contributed by atoms with E-state index in [1.165, 1.54) is 0 Å². The largest absolute Gasteiger partial charge is 0.325 e. The minimum atomic E-state index is -0.0559. The molecule has 1 amide bonds. The molecule has 22 heavy (non-hydrogen) atoms. The van der Waals surface area contributed by atoms with Crippen molar-refractivity contribution in [1.29, 1.82) is 0 Å². The van der Waals surface area contributed by atoms with Gasteiger partial charge in [-0.25, -0.2) is 4.98 Å². The van der Waals surface area contributed by atoms with Gasteiger partial charge in [-0.3, -0.25) is 4.79 Å². The molecule has 2 N–H and O–H groups in total. The second kappa shape index (κ2) is 7.72. The summed E-state index contributed by atoms with van der Waals surface area (Å²) >= 11 is 1.64. The van der Waals surface area contributed by atoms with Crippen molar-refractivity contribution in [3.05, 3.63) is 34.7 Å². The summed E-state index contributed by atoms with van der Waals surface area (Å²) < 4.78 is 0. The van der Waals surface area contributed by atoms with Crippen molar-refractivity contribution in [3.63, 3.8) is 0 Å². The minimum Gasteiger partial charge on any atom is -0.325 e. The fourth-order valence-corrected chi connectivity index (χ4v) is 3.15. The van der Waals surface area contributed by atoms with E-state index in [9.17, 15) is 4.79 Å². The maximum atomic E-state index is 12.1. The third-order valence-electron chi connectivity index (χ3n) is 3.69. The summed E-state index contributed by atoms with van der Waals surface area (Å²) in [4.78, 5) is 16.6. The second-order valence-corrected chi connectivity index (χ2v) is 6.38. The van der Waals surface area contributed by atoms with E-state index in [0.29, 0.717) is 0 Å². The van der Waals surface area contributed by atoms with Crippen molar-refractivity contribution >= 4 is 35.3 Å². The lowest BCUT2D eigenvalue weighted by Crippen LogP contribution is -2.43. The number of aromatic nitrogens is 1. The molecule has 1 atom stereocenters. The summed E-state index contributed by atoms with van der Waals surface area (Å²) in [6.07, 6.45) is 3.20. The van der Waals surface area contributed by atoms with Crippen LogP contribution in [0.4, 0.5) is 5.69 Å².